The van der Waals surface area contributed by atoms with E-state index >= 15 is 0 Å². The van der Waals surface area contributed by atoms with Gasteiger partial charge in [-0.2, -0.15) is 0 Å². The van der Waals surface area contributed by atoms with Crippen LogP contribution in [0.5, 0.6) is 0 Å². The summed E-state index contributed by atoms with van der Waals surface area (Å²) in [7, 11) is 4.08. The van der Waals surface area contributed by atoms with Crippen molar-refractivity contribution in [3.63, 3.8) is 0 Å². The zero-order valence-electron chi connectivity index (χ0n) is 13.4. The maximum atomic E-state index is 8.49. The molecule has 0 spiro atoms. The molecule has 0 saturated carbocycles. The van der Waals surface area contributed by atoms with Crippen molar-refractivity contribution in [2.24, 2.45) is 0 Å². The van der Waals surface area contributed by atoms with E-state index in [4.69, 9.17) is 5.41 Å². The molecule has 3 nitrogen and oxygen atoms in total. The quantitative estimate of drug-likeness (QED) is 0.537. The predicted molar refractivity (Wildman–Crippen MR) is 87.9 cm³/mol. The Morgan fingerprint density at radius 2 is 1.90 bits per heavy atom. The zero-order valence-corrected chi connectivity index (χ0v) is 13.4. The highest BCUT2D eigenvalue weighted by Gasteiger charge is 2.20. The average molecular weight is 275 g/mol. The lowest BCUT2D eigenvalue weighted by molar-refractivity contribution is 0.285. The van der Waals surface area contributed by atoms with Gasteiger partial charge in [-0.25, -0.2) is 0 Å². The van der Waals surface area contributed by atoms with Gasteiger partial charge in [0.15, 0.2) is 0 Å². The Labute approximate surface area is 123 Å². The second-order valence-corrected chi connectivity index (χ2v) is 5.54. The van der Waals surface area contributed by atoms with Gasteiger partial charge in [0.1, 0.15) is 0 Å². The van der Waals surface area contributed by atoms with Crippen LogP contribution in [0.25, 0.3) is 0 Å². The largest absolute Gasteiger partial charge is 0.318 e. The highest BCUT2D eigenvalue weighted by Crippen LogP contribution is 2.10. The van der Waals surface area contributed by atoms with Crippen LogP contribution in [0.2, 0.25) is 0 Å². The van der Waals surface area contributed by atoms with Crippen molar-refractivity contribution in [1.82, 2.24) is 10.2 Å². The number of nitrogens with one attached hydrogen (secondary N) is 2. The van der Waals surface area contributed by atoms with Gasteiger partial charge >= 0.3 is 0 Å². The van der Waals surface area contributed by atoms with E-state index in [1.54, 1.807) is 0 Å². The third-order valence-corrected chi connectivity index (χ3v) is 3.74. The highest BCUT2D eigenvalue weighted by atomic mass is 15.1. The molecule has 20 heavy (non-hydrogen) atoms. The summed E-state index contributed by atoms with van der Waals surface area (Å²) < 4.78 is 0. The maximum Gasteiger partial charge on any atom is 0.0643 e. The fraction of sp³-hybridized carbons (Fsp3) is 0.588. The van der Waals surface area contributed by atoms with Gasteiger partial charge in [0.2, 0.25) is 0 Å². The Morgan fingerprint density at radius 3 is 2.45 bits per heavy atom. The smallest absolute Gasteiger partial charge is 0.0643 e. The summed E-state index contributed by atoms with van der Waals surface area (Å²) in [5.74, 6) is 0. The number of aryl methyl sites for hydroxylation is 1. The van der Waals surface area contributed by atoms with E-state index in [0.29, 0.717) is 5.71 Å². The van der Waals surface area contributed by atoms with Crippen LogP contribution in [0.1, 0.15) is 37.3 Å². The van der Waals surface area contributed by atoms with Gasteiger partial charge in [-0.1, -0.05) is 49.6 Å². The van der Waals surface area contributed by atoms with Gasteiger partial charge in [-0.05, 0) is 39.5 Å². The van der Waals surface area contributed by atoms with Crippen LogP contribution < -0.4 is 5.32 Å². The SMILES string of the molecule is CCCCCN(C)C(CNC)C(=N)c1ccc(C)cc1. The van der Waals surface area contributed by atoms with E-state index in [2.05, 4.69) is 55.4 Å². The molecule has 112 valence electrons. The molecule has 0 radical (unpaired) electrons. The van der Waals surface area contributed by atoms with Crippen molar-refractivity contribution in [2.75, 3.05) is 27.2 Å². The maximum absolute atomic E-state index is 8.49. The fourth-order valence-corrected chi connectivity index (χ4v) is 2.36. The van der Waals surface area contributed by atoms with Gasteiger partial charge < -0.3 is 10.7 Å². The summed E-state index contributed by atoms with van der Waals surface area (Å²) in [5.41, 5.74) is 2.97. The van der Waals surface area contributed by atoms with E-state index in [0.717, 1.165) is 18.7 Å². The Kier molecular flexibility index (Phi) is 7.48. The van der Waals surface area contributed by atoms with Gasteiger partial charge in [0.25, 0.3) is 0 Å². The molecule has 1 rings (SSSR count). The topological polar surface area (TPSA) is 39.1 Å². The number of hydrogen-bond acceptors (Lipinski definition) is 3. The minimum atomic E-state index is 0.138. The monoisotopic (exact) mass is 275 g/mol. The first-order valence-corrected chi connectivity index (χ1v) is 7.60. The number of unbranched alkanes of at least 4 members (excludes halogenated alkanes) is 2. The summed E-state index contributed by atoms with van der Waals surface area (Å²) in [5, 5.41) is 11.7. The number of nitrogens with zero attached hydrogens (tertiary/aromatic N) is 1. The van der Waals surface area contributed by atoms with Gasteiger partial charge in [0, 0.05) is 6.54 Å². The summed E-state index contributed by atoms with van der Waals surface area (Å²) >= 11 is 0. The first-order valence-electron chi connectivity index (χ1n) is 7.60. The Bertz CT molecular complexity index is 397. The molecule has 1 aromatic rings. The number of likely N-dealkylation sites (N-methyl/N-ethyl adjacent to an activating group) is 2. The normalized spacial score (nSPS) is 12.7. The number of rotatable bonds is 9. The van der Waals surface area contributed by atoms with E-state index < -0.39 is 0 Å². The molecule has 1 aromatic carbocycles. The molecule has 0 aliphatic heterocycles. The zero-order chi connectivity index (χ0) is 15.0. The number of hydrogen-bond donors (Lipinski definition) is 2. The molecule has 0 bridgehead atoms. The van der Waals surface area contributed by atoms with Crippen molar-refractivity contribution < 1.29 is 0 Å². The van der Waals surface area contributed by atoms with Crippen LogP contribution >= 0.6 is 0 Å². The third kappa shape index (κ3) is 5.06. The van der Waals surface area contributed by atoms with Crippen molar-refractivity contribution in [1.29, 1.82) is 5.41 Å². The molecule has 0 aromatic heterocycles. The molecule has 0 fully saturated rings. The van der Waals surface area contributed by atoms with Crippen LogP contribution in [0.15, 0.2) is 24.3 Å². The van der Waals surface area contributed by atoms with Crippen LogP contribution in [-0.2, 0) is 0 Å². The van der Waals surface area contributed by atoms with Gasteiger partial charge in [-0.3, -0.25) is 4.90 Å². The first kappa shape index (κ1) is 16.9. The lowest BCUT2D eigenvalue weighted by atomic mass is 10.0. The summed E-state index contributed by atoms with van der Waals surface area (Å²) in [4.78, 5) is 2.30. The minimum absolute atomic E-state index is 0.138. The van der Waals surface area contributed by atoms with Crippen molar-refractivity contribution >= 4 is 5.71 Å². The minimum Gasteiger partial charge on any atom is -0.318 e. The van der Waals surface area contributed by atoms with E-state index in [-0.39, 0.29) is 6.04 Å². The van der Waals surface area contributed by atoms with E-state index in [1.165, 1.54) is 24.8 Å². The molecule has 0 amide bonds. The Morgan fingerprint density at radius 1 is 1.25 bits per heavy atom. The molecule has 1 atom stereocenters. The van der Waals surface area contributed by atoms with Crippen molar-refractivity contribution in [2.45, 2.75) is 39.2 Å². The Hall–Kier alpha value is -1.19. The first-order chi connectivity index (χ1) is 9.60. The second-order valence-electron chi connectivity index (χ2n) is 5.54. The molecule has 3 heteroatoms. The third-order valence-electron chi connectivity index (χ3n) is 3.74. The van der Waals surface area contributed by atoms with Gasteiger partial charge in [-0.15, -0.1) is 0 Å². The van der Waals surface area contributed by atoms with E-state index in [1.807, 2.05) is 7.05 Å². The predicted octanol–water partition coefficient (Wildman–Crippen LogP) is 3.07. The summed E-state index contributed by atoms with van der Waals surface area (Å²) in [6.07, 6.45) is 3.70. The van der Waals surface area contributed by atoms with E-state index in [9.17, 15) is 0 Å². The molecule has 0 saturated heterocycles. The van der Waals surface area contributed by atoms with Crippen LogP contribution in [-0.4, -0.2) is 43.8 Å². The molecule has 1 unspecified atom stereocenters. The molecule has 0 aliphatic carbocycles. The summed E-state index contributed by atoms with van der Waals surface area (Å²) in [6, 6.07) is 8.41. The molecule has 0 aliphatic rings. The Balaban J connectivity index is 2.73. The fourth-order valence-electron chi connectivity index (χ4n) is 2.36. The lowest BCUT2D eigenvalue weighted by Gasteiger charge is -2.28. The second kappa shape index (κ2) is 8.88. The summed E-state index contributed by atoms with van der Waals surface area (Å²) in [6.45, 7) is 6.17. The number of benzene rings is 1. The average Bonchev–Trinajstić information content (AvgIpc) is 2.45. The van der Waals surface area contributed by atoms with Crippen LogP contribution in [0.4, 0.5) is 0 Å². The molecule has 2 N–H and O–H groups in total. The standard InChI is InChI=1S/C17H29N3/c1-5-6-7-12-20(4)16(13-19-3)17(18)15-10-8-14(2)9-11-15/h8-11,16,18-19H,5-7,12-13H2,1-4H3. The van der Waals surface area contributed by atoms with Crippen LogP contribution in [0.3, 0.4) is 0 Å². The molecular formula is C17H29N3. The molecule has 0 heterocycles. The van der Waals surface area contributed by atoms with Crippen molar-refractivity contribution in [3.8, 4) is 0 Å². The van der Waals surface area contributed by atoms with Crippen LogP contribution in [0, 0.1) is 12.3 Å². The lowest BCUT2D eigenvalue weighted by Crippen LogP contribution is -2.45. The van der Waals surface area contributed by atoms with Gasteiger partial charge in [0.05, 0.1) is 11.8 Å². The van der Waals surface area contributed by atoms with Crippen molar-refractivity contribution in [3.05, 3.63) is 35.4 Å². The highest BCUT2D eigenvalue weighted by molar-refractivity contribution is 6.02. The molecular weight excluding hydrogens is 246 g/mol.